The second-order valence-corrected chi connectivity index (χ2v) is 4.85. The molecule has 2 rings (SSSR count). The number of aromatic nitrogens is 2. The van der Waals surface area contributed by atoms with E-state index in [1.165, 1.54) is 0 Å². The van der Waals surface area contributed by atoms with Gasteiger partial charge in [0.2, 0.25) is 0 Å². The van der Waals surface area contributed by atoms with E-state index in [1.54, 1.807) is 0 Å². The van der Waals surface area contributed by atoms with Crippen molar-refractivity contribution in [2.45, 2.75) is 53.4 Å². The monoisotopic (exact) mass is 250 g/mol. The molecule has 0 radical (unpaired) electrons. The molecule has 1 aliphatic heterocycles. The normalized spacial score (nSPS) is 13.3. The molecule has 2 heterocycles. The predicted octanol–water partition coefficient (Wildman–Crippen LogP) is 3.59. The summed E-state index contributed by atoms with van der Waals surface area (Å²) < 4.78 is 0. The van der Waals surface area contributed by atoms with E-state index in [9.17, 15) is 0 Å². The van der Waals surface area contributed by atoms with Crippen LogP contribution in [0.3, 0.4) is 0 Å². The fraction of sp³-hybridized carbons (Fsp3) is 0.714. The minimum absolute atomic E-state index is 0.367. The first-order valence-electron chi connectivity index (χ1n) is 6.99. The molecule has 18 heavy (non-hydrogen) atoms. The maximum Gasteiger partial charge on any atom is 0.153 e. The van der Waals surface area contributed by atoms with Gasteiger partial charge in [0.15, 0.2) is 5.82 Å². The summed E-state index contributed by atoms with van der Waals surface area (Å²) >= 11 is 0. The van der Waals surface area contributed by atoms with Crippen molar-refractivity contribution in [2.24, 2.45) is 0 Å². The maximum absolute atomic E-state index is 4.67. The van der Waals surface area contributed by atoms with Gasteiger partial charge in [0, 0.05) is 19.0 Å². The second-order valence-electron chi connectivity index (χ2n) is 4.85. The molecule has 2 N–H and O–H groups in total. The zero-order valence-corrected chi connectivity index (χ0v) is 12.5. The first kappa shape index (κ1) is 14.7. The molecule has 0 saturated heterocycles. The Labute approximate surface area is 111 Å². The number of rotatable bonds is 2. The highest BCUT2D eigenvalue weighted by Crippen LogP contribution is 2.31. The van der Waals surface area contributed by atoms with Crippen LogP contribution in [0, 0.1) is 0 Å². The minimum atomic E-state index is 0.367. The van der Waals surface area contributed by atoms with Crippen LogP contribution < -0.4 is 10.6 Å². The van der Waals surface area contributed by atoms with Gasteiger partial charge in [0.1, 0.15) is 5.82 Å². The van der Waals surface area contributed by atoms with Gasteiger partial charge >= 0.3 is 0 Å². The van der Waals surface area contributed by atoms with Crippen molar-refractivity contribution < 1.29 is 0 Å². The van der Waals surface area contributed by atoms with E-state index in [0.29, 0.717) is 11.8 Å². The molecule has 0 unspecified atom stereocenters. The molecule has 1 aliphatic rings. The lowest BCUT2D eigenvalue weighted by Crippen LogP contribution is -2.24. The molecule has 0 aromatic carbocycles. The lowest BCUT2D eigenvalue weighted by molar-refractivity contribution is 0.728. The first-order chi connectivity index (χ1) is 8.59. The zero-order chi connectivity index (χ0) is 13.7. The van der Waals surface area contributed by atoms with Crippen LogP contribution in [0.15, 0.2) is 0 Å². The van der Waals surface area contributed by atoms with E-state index >= 15 is 0 Å². The SMILES string of the molecule is CC.CC(C)c1nc2c(c(C(C)C)n1)NCCN2. The molecule has 0 atom stereocenters. The van der Waals surface area contributed by atoms with Crippen molar-refractivity contribution in [3.63, 3.8) is 0 Å². The van der Waals surface area contributed by atoms with Gasteiger partial charge in [0.25, 0.3) is 0 Å². The van der Waals surface area contributed by atoms with E-state index in [-0.39, 0.29) is 0 Å². The number of nitrogens with zero attached hydrogens (tertiary/aromatic N) is 2. The van der Waals surface area contributed by atoms with Gasteiger partial charge in [-0.3, -0.25) is 0 Å². The third-order valence-electron chi connectivity index (χ3n) is 2.74. The average molecular weight is 250 g/mol. The maximum atomic E-state index is 4.67. The van der Waals surface area contributed by atoms with Crippen LogP contribution in [0.5, 0.6) is 0 Å². The van der Waals surface area contributed by atoms with Crippen LogP contribution in [0.1, 0.15) is 64.9 Å². The van der Waals surface area contributed by atoms with Crippen molar-refractivity contribution in [1.82, 2.24) is 9.97 Å². The Morgan fingerprint density at radius 2 is 1.50 bits per heavy atom. The summed E-state index contributed by atoms with van der Waals surface area (Å²) in [5, 5.41) is 6.73. The average Bonchev–Trinajstić information content (AvgIpc) is 2.39. The second kappa shape index (κ2) is 6.57. The highest BCUT2D eigenvalue weighted by Gasteiger charge is 2.19. The Kier molecular flexibility index (Phi) is 5.38. The van der Waals surface area contributed by atoms with Gasteiger partial charge in [-0.1, -0.05) is 41.5 Å². The molecule has 0 bridgehead atoms. The van der Waals surface area contributed by atoms with Gasteiger partial charge < -0.3 is 10.6 Å². The molecule has 0 amide bonds. The van der Waals surface area contributed by atoms with Crippen LogP contribution in [0.25, 0.3) is 0 Å². The van der Waals surface area contributed by atoms with Crippen molar-refractivity contribution in [1.29, 1.82) is 0 Å². The summed E-state index contributed by atoms with van der Waals surface area (Å²) in [4.78, 5) is 9.24. The molecular formula is C14H26N4. The molecule has 0 spiro atoms. The number of hydrogen-bond acceptors (Lipinski definition) is 4. The van der Waals surface area contributed by atoms with Crippen molar-refractivity contribution in [3.8, 4) is 0 Å². The predicted molar refractivity (Wildman–Crippen MR) is 78.5 cm³/mol. The molecule has 1 aromatic rings. The molecule has 0 fully saturated rings. The summed E-state index contributed by atoms with van der Waals surface area (Å²) in [6.07, 6.45) is 0. The molecule has 4 nitrogen and oxygen atoms in total. The molecule has 4 heteroatoms. The van der Waals surface area contributed by atoms with Crippen LogP contribution >= 0.6 is 0 Å². The lowest BCUT2D eigenvalue weighted by atomic mass is 10.1. The Balaban J connectivity index is 0.000000771. The number of nitrogens with one attached hydrogen (secondary N) is 2. The van der Waals surface area contributed by atoms with Crippen LogP contribution in [0.2, 0.25) is 0 Å². The third-order valence-corrected chi connectivity index (χ3v) is 2.74. The molecule has 102 valence electrons. The summed E-state index contributed by atoms with van der Waals surface area (Å²) in [7, 11) is 0. The minimum Gasteiger partial charge on any atom is -0.379 e. The quantitative estimate of drug-likeness (QED) is 0.842. The van der Waals surface area contributed by atoms with Crippen LogP contribution in [-0.4, -0.2) is 23.1 Å². The molecule has 0 saturated carbocycles. The van der Waals surface area contributed by atoms with Crippen molar-refractivity contribution >= 4 is 11.5 Å². The fourth-order valence-corrected chi connectivity index (χ4v) is 1.84. The summed E-state index contributed by atoms with van der Waals surface area (Å²) in [6, 6.07) is 0. The van der Waals surface area contributed by atoms with E-state index in [4.69, 9.17) is 0 Å². The lowest BCUT2D eigenvalue weighted by Gasteiger charge is -2.24. The number of fused-ring (bicyclic) bond motifs is 1. The van der Waals surface area contributed by atoms with Gasteiger partial charge in [-0.15, -0.1) is 0 Å². The van der Waals surface area contributed by atoms with Gasteiger partial charge in [-0.2, -0.15) is 0 Å². The summed E-state index contributed by atoms with van der Waals surface area (Å²) in [5.41, 5.74) is 2.21. The smallest absolute Gasteiger partial charge is 0.153 e. The van der Waals surface area contributed by atoms with Gasteiger partial charge in [0.05, 0.1) is 11.4 Å². The Hall–Kier alpha value is -1.32. The van der Waals surface area contributed by atoms with Gasteiger partial charge in [-0.25, -0.2) is 9.97 Å². The molecule has 1 aromatic heterocycles. The summed E-state index contributed by atoms with van der Waals surface area (Å²) in [5.74, 6) is 2.68. The Morgan fingerprint density at radius 1 is 0.889 bits per heavy atom. The zero-order valence-electron chi connectivity index (χ0n) is 12.5. The fourth-order valence-electron chi connectivity index (χ4n) is 1.84. The van der Waals surface area contributed by atoms with E-state index in [2.05, 4.69) is 48.3 Å². The van der Waals surface area contributed by atoms with Crippen LogP contribution in [-0.2, 0) is 0 Å². The third kappa shape index (κ3) is 3.12. The van der Waals surface area contributed by atoms with E-state index in [1.807, 2.05) is 13.8 Å². The van der Waals surface area contributed by atoms with E-state index < -0.39 is 0 Å². The highest BCUT2D eigenvalue weighted by molar-refractivity contribution is 5.69. The van der Waals surface area contributed by atoms with Crippen molar-refractivity contribution in [3.05, 3.63) is 11.5 Å². The first-order valence-corrected chi connectivity index (χ1v) is 6.99. The van der Waals surface area contributed by atoms with Crippen LogP contribution in [0.4, 0.5) is 11.5 Å². The Morgan fingerprint density at radius 3 is 2.06 bits per heavy atom. The van der Waals surface area contributed by atoms with E-state index in [0.717, 1.165) is 36.1 Å². The number of anilines is 2. The molecular weight excluding hydrogens is 224 g/mol. The highest BCUT2D eigenvalue weighted by atomic mass is 15.1. The van der Waals surface area contributed by atoms with Crippen molar-refractivity contribution in [2.75, 3.05) is 23.7 Å². The van der Waals surface area contributed by atoms with Gasteiger partial charge in [-0.05, 0) is 5.92 Å². The topological polar surface area (TPSA) is 49.8 Å². The standard InChI is InChI=1S/C12H20N4.C2H6/c1-7(2)9-10-12(14-6-5-13-10)16-11(15-9)8(3)4;1-2/h7-8,13H,5-6H2,1-4H3,(H,14,15,16);1-2H3. The molecule has 0 aliphatic carbocycles. The number of hydrogen-bond donors (Lipinski definition) is 2. The Bertz CT molecular complexity index is 386. The summed E-state index contributed by atoms with van der Waals surface area (Å²) in [6.45, 7) is 14.5. The largest absolute Gasteiger partial charge is 0.379 e.